The minimum Gasteiger partial charge on any atom is -0.310 e. The van der Waals surface area contributed by atoms with Crippen molar-refractivity contribution in [3.63, 3.8) is 0 Å². The van der Waals surface area contributed by atoms with E-state index in [0.717, 1.165) is 32.6 Å². The van der Waals surface area contributed by atoms with Gasteiger partial charge in [0.1, 0.15) is 0 Å². The molecule has 0 radical (unpaired) electrons. The fourth-order valence-corrected chi connectivity index (χ4v) is 3.06. The number of aryl methyl sites for hydroxylation is 1. The zero-order valence-corrected chi connectivity index (χ0v) is 15.3. The lowest BCUT2D eigenvalue weighted by atomic mass is 10.1. The van der Waals surface area contributed by atoms with E-state index in [9.17, 15) is 0 Å². The highest BCUT2D eigenvalue weighted by atomic mass is 79.9. The Labute approximate surface area is 137 Å². The van der Waals surface area contributed by atoms with Gasteiger partial charge in [0, 0.05) is 10.5 Å². The Balaban J connectivity index is 2.41. The molecule has 1 atom stereocenters. The summed E-state index contributed by atoms with van der Waals surface area (Å²) in [6.45, 7) is 9.32. The van der Waals surface area contributed by atoms with Crippen LogP contribution >= 0.6 is 31.9 Å². The summed E-state index contributed by atoms with van der Waals surface area (Å²) < 4.78 is 4.08. The molecule has 0 spiro atoms. The molecule has 0 amide bonds. The first-order chi connectivity index (χ1) is 9.45. The first-order valence-corrected chi connectivity index (χ1v) is 8.29. The van der Waals surface area contributed by atoms with Crippen molar-refractivity contribution in [2.45, 2.75) is 33.7 Å². The molecular weight excluding hydrogens is 382 g/mol. The maximum atomic E-state index is 4.58. The minimum absolute atomic E-state index is 0.345. The molecule has 0 saturated carbocycles. The molecule has 0 bridgehead atoms. The van der Waals surface area contributed by atoms with Crippen molar-refractivity contribution in [1.29, 1.82) is 0 Å². The quantitative estimate of drug-likeness (QED) is 0.806. The molecule has 1 aromatic carbocycles. The molecule has 1 N–H and O–H groups in total. The average molecular weight is 401 g/mol. The number of halogens is 2. The van der Waals surface area contributed by atoms with Crippen LogP contribution in [0.5, 0.6) is 0 Å². The van der Waals surface area contributed by atoms with E-state index >= 15 is 0 Å². The Morgan fingerprint density at radius 3 is 2.50 bits per heavy atom. The summed E-state index contributed by atoms with van der Waals surface area (Å²) in [5.74, 6) is 0. The van der Waals surface area contributed by atoms with E-state index in [1.54, 1.807) is 0 Å². The van der Waals surface area contributed by atoms with Gasteiger partial charge in [-0.25, -0.2) is 4.68 Å². The molecule has 2 rings (SSSR count). The van der Waals surface area contributed by atoms with E-state index in [4.69, 9.17) is 0 Å². The Bertz CT molecular complexity index is 620. The number of hydrogen-bond acceptors (Lipinski definition) is 2. The topological polar surface area (TPSA) is 29.9 Å². The Morgan fingerprint density at radius 2 is 2.00 bits per heavy atom. The SMILES string of the molecule is CCNC(C)c1ccc(-n2nc(C)c(Br)c2C)c(Br)c1. The van der Waals surface area contributed by atoms with Crippen molar-refractivity contribution in [3.8, 4) is 5.69 Å². The predicted molar refractivity (Wildman–Crippen MR) is 90.5 cm³/mol. The standard InChI is InChI=1S/C15H19Br2N3/c1-5-18-9(2)12-6-7-14(13(16)8-12)20-11(4)15(17)10(3)19-20/h6-9,18H,5H2,1-4H3. The van der Waals surface area contributed by atoms with Gasteiger partial charge < -0.3 is 5.32 Å². The van der Waals surface area contributed by atoms with Crippen LogP contribution in [-0.4, -0.2) is 16.3 Å². The summed E-state index contributed by atoms with van der Waals surface area (Å²) >= 11 is 7.24. The fourth-order valence-electron chi connectivity index (χ4n) is 2.25. The van der Waals surface area contributed by atoms with Gasteiger partial charge in [-0.05, 0) is 76.9 Å². The normalized spacial score (nSPS) is 12.7. The van der Waals surface area contributed by atoms with Gasteiger partial charge in [-0.2, -0.15) is 5.10 Å². The van der Waals surface area contributed by atoms with Gasteiger partial charge in [0.05, 0.1) is 21.5 Å². The second-order valence-electron chi connectivity index (χ2n) is 4.89. The summed E-state index contributed by atoms with van der Waals surface area (Å²) in [4.78, 5) is 0. The van der Waals surface area contributed by atoms with Crippen LogP contribution < -0.4 is 5.32 Å². The molecule has 3 nitrogen and oxygen atoms in total. The first-order valence-electron chi connectivity index (χ1n) is 6.70. The van der Waals surface area contributed by atoms with Crippen molar-refractivity contribution in [2.75, 3.05) is 6.54 Å². The molecule has 1 unspecified atom stereocenters. The van der Waals surface area contributed by atoms with Crippen molar-refractivity contribution in [1.82, 2.24) is 15.1 Å². The van der Waals surface area contributed by atoms with E-state index < -0.39 is 0 Å². The number of nitrogens with one attached hydrogen (secondary N) is 1. The second-order valence-corrected chi connectivity index (χ2v) is 6.53. The lowest BCUT2D eigenvalue weighted by molar-refractivity contribution is 0.597. The van der Waals surface area contributed by atoms with Crippen LogP contribution in [0.3, 0.4) is 0 Å². The van der Waals surface area contributed by atoms with E-state index in [0.29, 0.717) is 6.04 Å². The van der Waals surface area contributed by atoms with Gasteiger partial charge in [0.25, 0.3) is 0 Å². The molecular formula is C15H19Br2N3. The first kappa shape index (κ1) is 15.7. The zero-order valence-electron chi connectivity index (χ0n) is 12.2. The largest absolute Gasteiger partial charge is 0.310 e. The molecule has 0 aliphatic rings. The third-order valence-electron chi connectivity index (χ3n) is 3.41. The van der Waals surface area contributed by atoms with Crippen LogP contribution in [0.1, 0.15) is 36.8 Å². The van der Waals surface area contributed by atoms with Crippen LogP contribution in [0.2, 0.25) is 0 Å². The summed E-state index contributed by atoms with van der Waals surface area (Å²) in [5, 5.41) is 8.00. The molecule has 2 aromatic rings. The smallest absolute Gasteiger partial charge is 0.0791 e. The van der Waals surface area contributed by atoms with Crippen molar-refractivity contribution < 1.29 is 0 Å². The zero-order chi connectivity index (χ0) is 14.9. The van der Waals surface area contributed by atoms with Crippen molar-refractivity contribution >= 4 is 31.9 Å². The van der Waals surface area contributed by atoms with Crippen molar-refractivity contribution in [3.05, 3.63) is 44.1 Å². The maximum absolute atomic E-state index is 4.58. The average Bonchev–Trinajstić information content (AvgIpc) is 2.66. The highest BCUT2D eigenvalue weighted by Crippen LogP contribution is 2.29. The summed E-state index contributed by atoms with van der Waals surface area (Å²) in [5.41, 5.74) is 4.43. The predicted octanol–water partition coefficient (Wildman–Crippen LogP) is 4.68. The number of aromatic nitrogens is 2. The van der Waals surface area contributed by atoms with E-state index in [1.165, 1.54) is 5.56 Å². The molecule has 0 saturated heterocycles. The van der Waals surface area contributed by atoms with E-state index in [-0.39, 0.29) is 0 Å². The monoisotopic (exact) mass is 399 g/mol. The molecule has 0 aliphatic carbocycles. The highest BCUT2D eigenvalue weighted by Gasteiger charge is 2.14. The van der Waals surface area contributed by atoms with Crippen molar-refractivity contribution in [2.24, 2.45) is 0 Å². The molecule has 20 heavy (non-hydrogen) atoms. The molecule has 1 aromatic heterocycles. The fraction of sp³-hybridized carbons (Fsp3) is 0.400. The van der Waals surface area contributed by atoms with Crippen LogP contribution in [-0.2, 0) is 0 Å². The molecule has 5 heteroatoms. The number of benzene rings is 1. The molecule has 0 fully saturated rings. The van der Waals surface area contributed by atoms with Gasteiger partial charge in [0.2, 0.25) is 0 Å². The lowest BCUT2D eigenvalue weighted by Gasteiger charge is -2.15. The summed E-state index contributed by atoms with van der Waals surface area (Å²) in [6.07, 6.45) is 0. The minimum atomic E-state index is 0.345. The highest BCUT2D eigenvalue weighted by molar-refractivity contribution is 9.11. The Hall–Kier alpha value is -0.650. The van der Waals surface area contributed by atoms with Crippen LogP contribution in [0.25, 0.3) is 5.69 Å². The van der Waals surface area contributed by atoms with Gasteiger partial charge in [-0.15, -0.1) is 0 Å². The van der Waals surface area contributed by atoms with Crippen LogP contribution in [0.4, 0.5) is 0 Å². The second kappa shape index (κ2) is 6.41. The molecule has 1 heterocycles. The van der Waals surface area contributed by atoms with Gasteiger partial charge >= 0.3 is 0 Å². The summed E-state index contributed by atoms with van der Waals surface area (Å²) in [6, 6.07) is 6.77. The third-order valence-corrected chi connectivity index (χ3v) is 5.20. The lowest BCUT2D eigenvalue weighted by Crippen LogP contribution is -2.17. The Morgan fingerprint density at radius 1 is 1.30 bits per heavy atom. The molecule has 0 aliphatic heterocycles. The number of nitrogens with zero attached hydrogens (tertiary/aromatic N) is 2. The van der Waals surface area contributed by atoms with Gasteiger partial charge in [-0.1, -0.05) is 13.0 Å². The van der Waals surface area contributed by atoms with Crippen LogP contribution in [0, 0.1) is 13.8 Å². The third kappa shape index (κ3) is 3.00. The molecule has 108 valence electrons. The van der Waals surface area contributed by atoms with Gasteiger partial charge in [-0.3, -0.25) is 0 Å². The maximum Gasteiger partial charge on any atom is 0.0791 e. The van der Waals surface area contributed by atoms with E-state index in [2.05, 4.69) is 81.2 Å². The number of rotatable bonds is 4. The Kier molecular flexibility index (Phi) is 5.04. The number of hydrogen-bond donors (Lipinski definition) is 1. The summed E-state index contributed by atoms with van der Waals surface area (Å²) in [7, 11) is 0. The van der Waals surface area contributed by atoms with Gasteiger partial charge in [0.15, 0.2) is 0 Å². The van der Waals surface area contributed by atoms with E-state index in [1.807, 2.05) is 11.6 Å². The van der Waals surface area contributed by atoms with Crippen LogP contribution in [0.15, 0.2) is 27.1 Å².